The molecule has 12 heavy (non-hydrogen) atoms. The van der Waals surface area contributed by atoms with Gasteiger partial charge in [-0.3, -0.25) is 4.79 Å². The molecule has 0 aliphatic heterocycles. The Balaban J connectivity index is 3.19. The standard InChI is InChI=1S/C7H13NO3S/c1-3-11-7(10)8-4-5-12-6(2)9/h3-5H2,1-2H3,(H,8,10). The average Bonchev–Trinajstić information content (AvgIpc) is 1.98. The Hall–Kier alpha value is -0.710. The van der Waals surface area contributed by atoms with Gasteiger partial charge in [-0.1, -0.05) is 11.8 Å². The summed E-state index contributed by atoms with van der Waals surface area (Å²) in [6, 6.07) is 0. The second-order valence-electron chi connectivity index (χ2n) is 1.99. The van der Waals surface area contributed by atoms with E-state index in [4.69, 9.17) is 0 Å². The van der Waals surface area contributed by atoms with E-state index in [1.165, 1.54) is 18.7 Å². The van der Waals surface area contributed by atoms with Gasteiger partial charge in [0.05, 0.1) is 6.61 Å². The number of carbonyl (C=O) groups is 2. The first-order chi connectivity index (χ1) is 5.66. The van der Waals surface area contributed by atoms with Crippen LogP contribution < -0.4 is 5.32 Å². The average molecular weight is 191 g/mol. The van der Waals surface area contributed by atoms with Gasteiger partial charge in [0.25, 0.3) is 0 Å². The Kier molecular flexibility index (Phi) is 6.55. The molecule has 1 N–H and O–H groups in total. The predicted octanol–water partition coefficient (Wildman–Crippen LogP) is 1.01. The van der Waals surface area contributed by atoms with E-state index in [0.717, 1.165) is 0 Å². The molecular formula is C7H13NO3S. The number of alkyl carbamates (subject to hydrolysis) is 1. The third-order valence-electron chi connectivity index (χ3n) is 0.952. The molecule has 0 heterocycles. The maximum Gasteiger partial charge on any atom is 0.407 e. The highest BCUT2D eigenvalue weighted by Gasteiger charge is 1.99. The Labute approximate surface area is 76.0 Å². The molecule has 0 atom stereocenters. The number of thioether (sulfide) groups is 1. The lowest BCUT2D eigenvalue weighted by atomic mass is 10.7. The molecule has 0 spiro atoms. The van der Waals surface area contributed by atoms with E-state index in [1.54, 1.807) is 6.92 Å². The van der Waals surface area contributed by atoms with E-state index in [0.29, 0.717) is 18.9 Å². The maximum atomic E-state index is 10.7. The van der Waals surface area contributed by atoms with Crippen molar-refractivity contribution in [3.05, 3.63) is 0 Å². The Morgan fingerprint density at radius 2 is 2.17 bits per heavy atom. The van der Waals surface area contributed by atoms with Crippen LogP contribution in [0.3, 0.4) is 0 Å². The largest absolute Gasteiger partial charge is 0.450 e. The first-order valence-corrected chi connectivity index (χ1v) is 4.69. The number of carbonyl (C=O) groups excluding carboxylic acids is 2. The van der Waals surface area contributed by atoms with Crippen molar-refractivity contribution in [1.82, 2.24) is 5.32 Å². The predicted molar refractivity (Wildman–Crippen MR) is 48.2 cm³/mol. The molecule has 0 aromatic heterocycles. The van der Waals surface area contributed by atoms with Crippen LogP contribution in [0.15, 0.2) is 0 Å². The van der Waals surface area contributed by atoms with Gasteiger partial charge in [-0.05, 0) is 6.92 Å². The van der Waals surface area contributed by atoms with Crippen LogP contribution in [-0.4, -0.2) is 30.1 Å². The lowest BCUT2D eigenvalue weighted by Crippen LogP contribution is -2.26. The highest BCUT2D eigenvalue weighted by molar-refractivity contribution is 8.13. The SMILES string of the molecule is CCOC(=O)NCCSC(C)=O. The molecule has 0 unspecified atom stereocenters. The maximum absolute atomic E-state index is 10.7. The minimum atomic E-state index is -0.429. The Morgan fingerprint density at radius 1 is 1.50 bits per heavy atom. The summed E-state index contributed by atoms with van der Waals surface area (Å²) in [6.45, 7) is 4.06. The number of ether oxygens (including phenoxy) is 1. The monoisotopic (exact) mass is 191 g/mol. The second-order valence-corrected chi connectivity index (χ2v) is 3.26. The van der Waals surface area contributed by atoms with Crippen molar-refractivity contribution in [2.24, 2.45) is 0 Å². The first kappa shape index (κ1) is 11.3. The fraction of sp³-hybridized carbons (Fsp3) is 0.714. The smallest absolute Gasteiger partial charge is 0.407 e. The molecule has 0 rings (SSSR count). The number of nitrogens with one attached hydrogen (secondary N) is 1. The van der Waals surface area contributed by atoms with Crippen LogP contribution in [0.1, 0.15) is 13.8 Å². The van der Waals surface area contributed by atoms with Crippen molar-refractivity contribution in [2.45, 2.75) is 13.8 Å². The van der Waals surface area contributed by atoms with E-state index in [1.807, 2.05) is 0 Å². The highest BCUT2D eigenvalue weighted by Crippen LogP contribution is 1.97. The number of rotatable bonds is 4. The van der Waals surface area contributed by atoms with Crippen molar-refractivity contribution in [3.63, 3.8) is 0 Å². The summed E-state index contributed by atoms with van der Waals surface area (Å²) in [4.78, 5) is 21.1. The van der Waals surface area contributed by atoms with Gasteiger partial charge in [-0.25, -0.2) is 4.79 Å². The normalized spacial score (nSPS) is 9.17. The fourth-order valence-electron chi connectivity index (χ4n) is 0.530. The van der Waals surface area contributed by atoms with Gasteiger partial charge in [0.2, 0.25) is 0 Å². The number of hydrogen-bond acceptors (Lipinski definition) is 4. The van der Waals surface area contributed by atoms with Gasteiger partial charge in [-0.15, -0.1) is 0 Å². The molecule has 0 radical (unpaired) electrons. The van der Waals surface area contributed by atoms with Crippen LogP contribution in [0.4, 0.5) is 4.79 Å². The van der Waals surface area contributed by atoms with Gasteiger partial charge in [0.1, 0.15) is 0 Å². The summed E-state index contributed by atoms with van der Waals surface area (Å²) in [5.74, 6) is 0.591. The van der Waals surface area contributed by atoms with Crippen LogP contribution in [0.5, 0.6) is 0 Å². The second kappa shape index (κ2) is 6.97. The van der Waals surface area contributed by atoms with Crippen LogP contribution >= 0.6 is 11.8 Å². The first-order valence-electron chi connectivity index (χ1n) is 3.70. The number of hydrogen-bond donors (Lipinski definition) is 1. The lowest BCUT2D eigenvalue weighted by molar-refractivity contribution is -0.109. The van der Waals surface area contributed by atoms with E-state index < -0.39 is 6.09 Å². The van der Waals surface area contributed by atoms with Gasteiger partial charge in [0.15, 0.2) is 5.12 Å². The minimum absolute atomic E-state index is 0.0562. The third-order valence-corrected chi connectivity index (χ3v) is 1.77. The van der Waals surface area contributed by atoms with Gasteiger partial charge < -0.3 is 10.1 Å². The highest BCUT2D eigenvalue weighted by atomic mass is 32.2. The molecule has 0 aliphatic carbocycles. The van der Waals surface area contributed by atoms with E-state index in [-0.39, 0.29) is 5.12 Å². The summed E-state index contributed by atoms with van der Waals surface area (Å²) < 4.78 is 4.60. The molecule has 0 bridgehead atoms. The zero-order chi connectivity index (χ0) is 9.40. The van der Waals surface area contributed by atoms with E-state index >= 15 is 0 Å². The van der Waals surface area contributed by atoms with Crippen molar-refractivity contribution in [1.29, 1.82) is 0 Å². The van der Waals surface area contributed by atoms with Crippen molar-refractivity contribution in [2.75, 3.05) is 18.9 Å². The van der Waals surface area contributed by atoms with Crippen molar-refractivity contribution < 1.29 is 14.3 Å². The zero-order valence-electron chi connectivity index (χ0n) is 7.25. The van der Waals surface area contributed by atoms with Crippen LogP contribution in [0.25, 0.3) is 0 Å². The fourth-order valence-corrected chi connectivity index (χ4v) is 1.02. The Bertz CT molecular complexity index is 161. The summed E-state index contributed by atoms with van der Waals surface area (Å²) >= 11 is 1.18. The Morgan fingerprint density at radius 3 is 2.67 bits per heavy atom. The molecule has 4 nitrogen and oxygen atoms in total. The van der Waals surface area contributed by atoms with Crippen LogP contribution in [-0.2, 0) is 9.53 Å². The van der Waals surface area contributed by atoms with Gasteiger partial charge in [-0.2, -0.15) is 0 Å². The lowest BCUT2D eigenvalue weighted by Gasteiger charge is -2.02. The quantitative estimate of drug-likeness (QED) is 0.674. The summed E-state index contributed by atoms with van der Waals surface area (Å²) in [5.41, 5.74) is 0. The van der Waals surface area contributed by atoms with Crippen LogP contribution in [0.2, 0.25) is 0 Å². The topological polar surface area (TPSA) is 55.4 Å². The molecule has 0 fully saturated rings. The summed E-state index contributed by atoms with van der Waals surface area (Å²) in [5, 5.41) is 2.56. The molecular weight excluding hydrogens is 178 g/mol. The van der Waals surface area contributed by atoms with Crippen molar-refractivity contribution in [3.8, 4) is 0 Å². The molecule has 0 aromatic carbocycles. The van der Waals surface area contributed by atoms with E-state index in [2.05, 4.69) is 10.1 Å². The van der Waals surface area contributed by atoms with Crippen molar-refractivity contribution >= 4 is 23.0 Å². The summed E-state index contributed by atoms with van der Waals surface area (Å²) in [7, 11) is 0. The van der Waals surface area contributed by atoms with Crippen LogP contribution in [0, 0.1) is 0 Å². The molecule has 1 amide bonds. The zero-order valence-corrected chi connectivity index (χ0v) is 8.07. The van der Waals surface area contributed by atoms with Gasteiger partial charge in [0, 0.05) is 19.2 Å². The molecule has 0 saturated heterocycles. The minimum Gasteiger partial charge on any atom is -0.450 e. The van der Waals surface area contributed by atoms with Gasteiger partial charge >= 0.3 is 6.09 Å². The number of amides is 1. The van der Waals surface area contributed by atoms with E-state index in [9.17, 15) is 9.59 Å². The summed E-state index contributed by atoms with van der Waals surface area (Å²) in [6.07, 6.45) is -0.429. The molecule has 70 valence electrons. The molecule has 5 heteroatoms. The molecule has 0 saturated carbocycles. The molecule has 0 aliphatic rings. The molecule has 0 aromatic rings. The third kappa shape index (κ3) is 7.40.